The topological polar surface area (TPSA) is 82.8 Å². The van der Waals surface area contributed by atoms with Crippen molar-refractivity contribution in [2.75, 3.05) is 0 Å². The highest BCUT2D eigenvalue weighted by atomic mass is 16.6. The molecule has 0 aliphatic rings. The largest absolute Gasteiger partial charge is 0.423 e. The summed E-state index contributed by atoms with van der Waals surface area (Å²) in [5.74, 6) is 0.527. The van der Waals surface area contributed by atoms with Crippen molar-refractivity contribution in [3.05, 3.63) is 41.9 Å². The minimum Gasteiger partial charge on any atom is -0.423 e. The molecule has 5 nitrogen and oxygen atoms in total. The van der Waals surface area contributed by atoms with E-state index in [-0.39, 0.29) is 11.5 Å². The molecule has 0 saturated heterocycles. The third-order valence-corrected chi connectivity index (χ3v) is 1.85. The van der Waals surface area contributed by atoms with Crippen LogP contribution in [0.2, 0.25) is 0 Å². The number of oxazole rings is 1. The highest BCUT2D eigenvalue weighted by Gasteiger charge is 2.07. The van der Waals surface area contributed by atoms with E-state index in [0.29, 0.717) is 11.3 Å². The Morgan fingerprint density at radius 1 is 1.25 bits per heavy atom. The fourth-order valence-electron chi connectivity index (χ4n) is 1.14. The molecule has 76 valence electrons. The molecule has 2 rings (SSSR count). The van der Waals surface area contributed by atoms with Crippen LogP contribution in [-0.2, 0) is 0 Å². The molecule has 1 heterocycles. The molecule has 0 saturated carbocycles. The van der Waals surface area contributed by atoms with Crippen LogP contribution in [0, 0.1) is 22.7 Å². The lowest BCUT2D eigenvalue weighted by Gasteiger charge is -2.03. The van der Waals surface area contributed by atoms with Crippen molar-refractivity contribution < 1.29 is 9.15 Å². The van der Waals surface area contributed by atoms with Crippen LogP contribution in [0.1, 0.15) is 11.1 Å². The van der Waals surface area contributed by atoms with E-state index < -0.39 is 0 Å². The first-order valence-electron chi connectivity index (χ1n) is 4.34. The molecular weight excluding hydrogens is 206 g/mol. The van der Waals surface area contributed by atoms with E-state index >= 15 is 0 Å². The fraction of sp³-hybridized carbons (Fsp3) is 0. The van der Waals surface area contributed by atoms with Gasteiger partial charge in [0.1, 0.15) is 18.0 Å². The molecular formula is C11H5N3O2. The molecule has 16 heavy (non-hydrogen) atoms. The first kappa shape index (κ1) is 9.75. The van der Waals surface area contributed by atoms with Gasteiger partial charge in [-0.1, -0.05) is 0 Å². The van der Waals surface area contributed by atoms with Crippen LogP contribution in [0.15, 0.2) is 35.2 Å². The second-order valence-electron chi connectivity index (χ2n) is 2.86. The molecule has 0 aliphatic heterocycles. The molecule has 0 bridgehead atoms. The van der Waals surface area contributed by atoms with Gasteiger partial charge in [-0.15, -0.1) is 0 Å². The minimum absolute atomic E-state index is 0.196. The van der Waals surface area contributed by atoms with Gasteiger partial charge < -0.3 is 9.15 Å². The lowest BCUT2D eigenvalue weighted by molar-refractivity contribution is 0.345. The maximum absolute atomic E-state index is 8.88. The fourth-order valence-corrected chi connectivity index (χ4v) is 1.14. The van der Waals surface area contributed by atoms with Gasteiger partial charge in [0.25, 0.3) is 0 Å². The Hall–Kier alpha value is -2.79. The second-order valence-corrected chi connectivity index (χ2v) is 2.86. The number of nitriles is 2. The number of nitrogens with zero attached hydrogens (tertiary/aromatic N) is 3. The molecule has 5 heteroatoms. The van der Waals surface area contributed by atoms with Crippen LogP contribution in [0.5, 0.6) is 11.7 Å². The van der Waals surface area contributed by atoms with E-state index in [4.69, 9.17) is 19.7 Å². The lowest BCUT2D eigenvalue weighted by Crippen LogP contribution is -1.88. The van der Waals surface area contributed by atoms with E-state index in [1.165, 1.54) is 18.7 Å². The smallest absolute Gasteiger partial charge is 0.310 e. The average molecular weight is 211 g/mol. The predicted octanol–water partition coefficient (Wildman–Crippen LogP) is 2.21. The van der Waals surface area contributed by atoms with Gasteiger partial charge in [0.15, 0.2) is 6.39 Å². The molecule has 1 aromatic heterocycles. The summed E-state index contributed by atoms with van der Waals surface area (Å²) < 4.78 is 10.2. The number of hydrogen-bond donors (Lipinski definition) is 0. The van der Waals surface area contributed by atoms with Gasteiger partial charge in [0, 0.05) is 0 Å². The SMILES string of the molecule is N#Cc1ccc(Oc2cnco2)c(C#N)c1. The third-order valence-electron chi connectivity index (χ3n) is 1.85. The first-order valence-corrected chi connectivity index (χ1v) is 4.34. The van der Waals surface area contributed by atoms with Crippen molar-refractivity contribution in [3.8, 4) is 23.8 Å². The third kappa shape index (κ3) is 1.84. The second kappa shape index (κ2) is 4.16. The van der Waals surface area contributed by atoms with Crippen molar-refractivity contribution >= 4 is 0 Å². The Bertz CT molecular complexity index is 576. The summed E-state index contributed by atoms with van der Waals surface area (Å²) in [6.07, 6.45) is 2.62. The number of rotatable bonds is 2. The summed E-state index contributed by atoms with van der Waals surface area (Å²) in [7, 11) is 0. The van der Waals surface area contributed by atoms with Crippen LogP contribution in [0.25, 0.3) is 0 Å². The van der Waals surface area contributed by atoms with Crippen LogP contribution < -0.4 is 4.74 Å². The molecule has 0 amide bonds. The first-order chi connectivity index (χ1) is 7.83. The molecule has 0 N–H and O–H groups in total. The van der Waals surface area contributed by atoms with E-state index in [1.807, 2.05) is 12.1 Å². The Kier molecular flexibility index (Phi) is 2.53. The number of hydrogen-bond acceptors (Lipinski definition) is 5. The normalized spacial score (nSPS) is 9.12. The van der Waals surface area contributed by atoms with Gasteiger partial charge in [0.2, 0.25) is 0 Å². The van der Waals surface area contributed by atoms with Gasteiger partial charge in [-0.2, -0.15) is 10.5 Å². The molecule has 1 aromatic carbocycles. The summed E-state index contributed by atoms with van der Waals surface area (Å²) in [4.78, 5) is 3.68. The van der Waals surface area contributed by atoms with Crippen LogP contribution in [0.4, 0.5) is 0 Å². The highest BCUT2D eigenvalue weighted by Crippen LogP contribution is 2.25. The standard InChI is InChI=1S/C11H5N3O2/c12-4-8-1-2-10(9(3-8)5-13)16-11-6-14-7-15-11/h1-3,6-7H. The summed E-state index contributed by atoms with van der Waals surface area (Å²) >= 11 is 0. The zero-order valence-electron chi connectivity index (χ0n) is 8.04. The van der Waals surface area contributed by atoms with Gasteiger partial charge in [-0.05, 0) is 18.2 Å². The Balaban J connectivity index is 2.36. The molecule has 0 radical (unpaired) electrons. The lowest BCUT2D eigenvalue weighted by atomic mass is 10.1. The van der Waals surface area contributed by atoms with Crippen molar-refractivity contribution in [1.82, 2.24) is 4.98 Å². The maximum Gasteiger partial charge on any atom is 0.310 e. The van der Waals surface area contributed by atoms with Crippen LogP contribution >= 0.6 is 0 Å². The minimum atomic E-state index is 0.196. The summed E-state index contributed by atoms with van der Waals surface area (Å²) in [6, 6.07) is 8.44. The Morgan fingerprint density at radius 3 is 2.75 bits per heavy atom. The number of ether oxygens (including phenoxy) is 1. The van der Waals surface area contributed by atoms with Gasteiger partial charge >= 0.3 is 5.95 Å². The van der Waals surface area contributed by atoms with E-state index in [0.717, 1.165) is 0 Å². The van der Waals surface area contributed by atoms with E-state index in [1.54, 1.807) is 12.1 Å². The zero-order chi connectivity index (χ0) is 11.4. The van der Waals surface area contributed by atoms with Gasteiger partial charge in [-0.3, -0.25) is 0 Å². The summed E-state index contributed by atoms with van der Waals surface area (Å²) in [6.45, 7) is 0. The molecule has 2 aromatic rings. The number of aromatic nitrogens is 1. The van der Waals surface area contributed by atoms with Crippen molar-refractivity contribution in [2.45, 2.75) is 0 Å². The predicted molar refractivity (Wildman–Crippen MR) is 52.4 cm³/mol. The molecule has 0 aliphatic carbocycles. The van der Waals surface area contributed by atoms with Crippen molar-refractivity contribution in [3.63, 3.8) is 0 Å². The maximum atomic E-state index is 8.88. The molecule has 0 atom stereocenters. The van der Waals surface area contributed by atoms with Crippen LogP contribution in [0.3, 0.4) is 0 Å². The Morgan fingerprint density at radius 2 is 2.12 bits per heavy atom. The van der Waals surface area contributed by atoms with Crippen LogP contribution in [-0.4, -0.2) is 4.98 Å². The molecule has 0 spiro atoms. The monoisotopic (exact) mass is 211 g/mol. The van der Waals surface area contributed by atoms with Gasteiger partial charge in [0.05, 0.1) is 17.2 Å². The van der Waals surface area contributed by atoms with E-state index in [9.17, 15) is 0 Å². The zero-order valence-corrected chi connectivity index (χ0v) is 8.04. The summed E-state index contributed by atoms with van der Waals surface area (Å²) in [5.41, 5.74) is 0.678. The van der Waals surface area contributed by atoms with E-state index in [2.05, 4.69) is 4.98 Å². The molecule has 0 unspecified atom stereocenters. The highest BCUT2D eigenvalue weighted by molar-refractivity contribution is 5.49. The number of benzene rings is 1. The average Bonchev–Trinajstić information content (AvgIpc) is 2.82. The molecule has 0 fully saturated rings. The quantitative estimate of drug-likeness (QED) is 0.760. The van der Waals surface area contributed by atoms with Gasteiger partial charge in [-0.25, -0.2) is 4.98 Å². The Labute approximate surface area is 91.1 Å². The summed E-state index contributed by atoms with van der Waals surface area (Å²) in [5, 5.41) is 17.6. The van der Waals surface area contributed by atoms with Crippen molar-refractivity contribution in [1.29, 1.82) is 10.5 Å². The van der Waals surface area contributed by atoms with Crippen molar-refractivity contribution in [2.24, 2.45) is 0 Å².